The number of hydrogen-bond acceptors (Lipinski definition) is 2. The summed E-state index contributed by atoms with van der Waals surface area (Å²) in [4.78, 5) is 0. The highest BCUT2D eigenvalue weighted by Gasteiger charge is 2.28. The number of halogens is 1. The quantitative estimate of drug-likeness (QED) is 0.848. The highest BCUT2D eigenvalue weighted by Crippen LogP contribution is 2.33. The van der Waals surface area contributed by atoms with Crippen LogP contribution in [0.25, 0.3) is 0 Å². The molecule has 0 bridgehead atoms. The lowest BCUT2D eigenvalue weighted by atomic mass is 10.1. The third-order valence-electron chi connectivity index (χ3n) is 3.52. The zero-order valence-corrected chi connectivity index (χ0v) is 10.7. The monoisotopic (exact) mass is 237 g/mol. The molecule has 1 saturated carbocycles. The smallest absolute Gasteiger partial charge is 0.165 e. The Morgan fingerprint density at radius 1 is 1.35 bits per heavy atom. The molecule has 1 fully saturated rings. The third kappa shape index (κ3) is 2.97. The summed E-state index contributed by atoms with van der Waals surface area (Å²) in [5.74, 6) is 0.814. The van der Waals surface area contributed by atoms with Crippen molar-refractivity contribution in [3.63, 3.8) is 0 Å². The van der Waals surface area contributed by atoms with Gasteiger partial charge in [-0.05, 0) is 50.3 Å². The van der Waals surface area contributed by atoms with Gasteiger partial charge in [0.25, 0.3) is 0 Å². The summed E-state index contributed by atoms with van der Waals surface area (Å²) in [7, 11) is 1.48. The van der Waals surface area contributed by atoms with Crippen LogP contribution >= 0.6 is 0 Å². The van der Waals surface area contributed by atoms with E-state index >= 15 is 0 Å². The van der Waals surface area contributed by atoms with Crippen molar-refractivity contribution in [1.29, 1.82) is 0 Å². The Hall–Kier alpha value is -1.09. The van der Waals surface area contributed by atoms with Crippen LogP contribution in [-0.4, -0.2) is 13.2 Å². The normalized spacial score (nSPS) is 18.8. The van der Waals surface area contributed by atoms with Crippen LogP contribution in [0.3, 0.4) is 0 Å². The molecule has 17 heavy (non-hydrogen) atoms. The van der Waals surface area contributed by atoms with Gasteiger partial charge in [-0.2, -0.15) is 0 Å². The molecule has 0 aliphatic heterocycles. The lowest BCUT2D eigenvalue weighted by Gasteiger charge is -2.20. The first-order valence-electron chi connectivity index (χ1n) is 6.21. The van der Waals surface area contributed by atoms with Gasteiger partial charge in [0.1, 0.15) is 0 Å². The lowest BCUT2D eigenvalue weighted by Crippen LogP contribution is -2.30. The number of methoxy groups -OCH3 is 1. The summed E-state index contributed by atoms with van der Waals surface area (Å²) in [6.07, 6.45) is 2.63. The molecule has 0 radical (unpaired) electrons. The number of benzene rings is 1. The van der Waals surface area contributed by atoms with Gasteiger partial charge in [-0.25, -0.2) is 4.39 Å². The van der Waals surface area contributed by atoms with Crippen LogP contribution in [0.4, 0.5) is 4.39 Å². The SMILES string of the molecule is COc1ccc(C(C)NC(C)C2CC2)cc1F. The Bertz CT molecular complexity index is 390. The predicted molar refractivity (Wildman–Crippen MR) is 66.7 cm³/mol. The molecule has 2 rings (SSSR count). The fourth-order valence-corrected chi connectivity index (χ4v) is 2.17. The van der Waals surface area contributed by atoms with Crippen LogP contribution < -0.4 is 10.1 Å². The Kier molecular flexibility index (Phi) is 3.67. The summed E-state index contributed by atoms with van der Waals surface area (Å²) in [6.45, 7) is 4.27. The second kappa shape index (κ2) is 5.05. The molecule has 2 unspecified atom stereocenters. The first kappa shape index (κ1) is 12.4. The van der Waals surface area contributed by atoms with Crippen LogP contribution in [0.15, 0.2) is 18.2 Å². The van der Waals surface area contributed by atoms with E-state index in [1.807, 2.05) is 6.07 Å². The minimum Gasteiger partial charge on any atom is -0.494 e. The predicted octanol–water partition coefficient (Wildman–Crippen LogP) is 3.28. The van der Waals surface area contributed by atoms with Gasteiger partial charge < -0.3 is 10.1 Å². The molecule has 1 aliphatic rings. The third-order valence-corrected chi connectivity index (χ3v) is 3.52. The molecule has 1 N–H and O–H groups in total. The second-order valence-electron chi connectivity index (χ2n) is 4.91. The fraction of sp³-hybridized carbons (Fsp3) is 0.571. The minimum absolute atomic E-state index is 0.172. The summed E-state index contributed by atoms with van der Waals surface area (Å²) >= 11 is 0. The Balaban J connectivity index is 2.02. The number of hydrogen-bond donors (Lipinski definition) is 1. The van der Waals surface area contributed by atoms with Gasteiger partial charge in [-0.3, -0.25) is 0 Å². The maximum Gasteiger partial charge on any atom is 0.165 e. The summed E-state index contributed by atoms with van der Waals surface area (Å²) < 4.78 is 18.5. The van der Waals surface area contributed by atoms with E-state index in [0.717, 1.165) is 11.5 Å². The van der Waals surface area contributed by atoms with Gasteiger partial charge >= 0.3 is 0 Å². The number of nitrogens with one attached hydrogen (secondary N) is 1. The van der Waals surface area contributed by atoms with Crippen molar-refractivity contribution in [2.75, 3.05) is 7.11 Å². The molecule has 2 nitrogen and oxygen atoms in total. The molecular weight excluding hydrogens is 217 g/mol. The zero-order chi connectivity index (χ0) is 12.4. The summed E-state index contributed by atoms with van der Waals surface area (Å²) in [6, 6.07) is 5.83. The topological polar surface area (TPSA) is 21.3 Å². The van der Waals surface area contributed by atoms with Gasteiger partial charge in [0.2, 0.25) is 0 Å². The van der Waals surface area contributed by atoms with Crippen LogP contribution in [0.5, 0.6) is 5.75 Å². The maximum atomic E-state index is 13.6. The van der Waals surface area contributed by atoms with E-state index in [1.165, 1.54) is 20.0 Å². The standard InChI is InChI=1S/C14H20FNO/c1-9(11-4-5-11)16-10(2)12-6-7-14(17-3)13(15)8-12/h6-11,16H,4-5H2,1-3H3. The van der Waals surface area contributed by atoms with Gasteiger partial charge in [0.15, 0.2) is 11.6 Å². The van der Waals surface area contributed by atoms with Gasteiger partial charge in [-0.1, -0.05) is 6.07 Å². The molecule has 1 aromatic carbocycles. The van der Waals surface area contributed by atoms with Crippen LogP contribution in [0.1, 0.15) is 38.3 Å². The van der Waals surface area contributed by atoms with Crippen LogP contribution in [-0.2, 0) is 0 Å². The molecule has 0 heterocycles. The largest absolute Gasteiger partial charge is 0.494 e. The van der Waals surface area contributed by atoms with Crippen molar-refractivity contribution >= 4 is 0 Å². The van der Waals surface area contributed by atoms with Crippen molar-refractivity contribution in [2.45, 2.75) is 38.8 Å². The van der Waals surface area contributed by atoms with E-state index in [-0.39, 0.29) is 11.9 Å². The lowest BCUT2D eigenvalue weighted by molar-refractivity contribution is 0.384. The van der Waals surface area contributed by atoms with E-state index in [0.29, 0.717) is 11.8 Å². The minimum atomic E-state index is -0.294. The Morgan fingerprint density at radius 3 is 2.59 bits per heavy atom. The average Bonchev–Trinajstić information content (AvgIpc) is 3.12. The molecule has 1 aliphatic carbocycles. The molecule has 1 aromatic rings. The summed E-state index contributed by atoms with van der Waals surface area (Å²) in [5, 5.41) is 3.52. The van der Waals surface area contributed by atoms with Crippen LogP contribution in [0, 0.1) is 11.7 Å². The number of rotatable bonds is 5. The molecule has 0 amide bonds. The molecule has 3 heteroatoms. The molecule has 0 aromatic heterocycles. The maximum absolute atomic E-state index is 13.6. The zero-order valence-electron chi connectivity index (χ0n) is 10.7. The van der Waals surface area contributed by atoms with E-state index < -0.39 is 0 Å². The molecule has 0 spiro atoms. The van der Waals surface area contributed by atoms with E-state index in [2.05, 4.69) is 19.2 Å². The first-order valence-corrected chi connectivity index (χ1v) is 6.21. The van der Waals surface area contributed by atoms with E-state index in [1.54, 1.807) is 12.1 Å². The van der Waals surface area contributed by atoms with Crippen molar-refractivity contribution in [1.82, 2.24) is 5.32 Å². The highest BCUT2D eigenvalue weighted by atomic mass is 19.1. The van der Waals surface area contributed by atoms with Gasteiger partial charge in [0.05, 0.1) is 7.11 Å². The Morgan fingerprint density at radius 2 is 2.06 bits per heavy atom. The molecule has 94 valence electrons. The van der Waals surface area contributed by atoms with Gasteiger partial charge in [0, 0.05) is 12.1 Å². The van der Waals surface area contributed by atoms with Gasteiger partial charge in [-0.15, -0.1) is 0 Å². The molecular formula is C14H20FNO. The van der Waals surface area contributed by atoms with E-state index in [9.17, 15) is 4.39 Å². The first-order chi connectivity index (χ1) is 8.11. The highest BCUT2D eigenvalue weighted by molar-refractivity contribution is 5.30. The average molecular weight is 237 g/mol. The van der Waals surface area contributed by atoms with Crippen LogP contribution in [0.2, 0.25) is 0 Å². The number of ether oxygens (including phenoxy) is 1. The molecule has 0 saturated heterocycles. The van der Waals surface area contributed by atoms with Crippen molar-refractivity contribution in [2.24, 2.45) is 5.92 Å². The van der Waals surface area contributed by atoms with Crippen molar-refractivity contribution in [3.05, 3.63) is 29.6 Å². The fourth-order valence-electron chi connectivity index (χ4n) is 2.17. The van der Waals surface area contributed by atoms with Crippen molar-refractivity contribution in [3.8, 4) is 5.75 Å². The Labute approximate surface area is 102 Å². The summed E-state index contributed by atoms with van der Waals surface area (Å²) in [5.41, 5.74) is 0.968. The second-order valence-corrected chi connectivity index (χ2v) is 4.91. The van der Waals surface area contributed by atoms with Crippen molar-refractivity contribution < 1.29 is 9.13 Å². The molecule has 2 atom stereocenters. The van der Waals surface area contributed by atoms with E-state index in [4.69, 9.17) is 4.74 Å².